The van der Waals surface area contributed by atoms with Gasteiger partial charge in [-0.2, -0.15) is 0 Å². The first-order chi connectivity index (χ1) is 7.16. The molecule has 0 aromatic heterocycles. The van der Waals surface area contributed by atoms with Gasteiger partial charge in [0.2, 0.25) is 0 Å². The van der Waals surface area contributed by atoms with Gasteiger partial charge < -0.3 is 15.6 Å². The Hall–Kier alpha value is -0.120. The minimum atomic E-state index is -0.206. The Morgan fingerprint density at radius 3 is 2.67 bits per heavy atom. The quantitative estimate of drug-likeness (QED) is 0.745. The summed E-state index contributed by atoms with van der Waals surface area (Å²) in [6, 6.07) is 0. The molecule has 3 nitrogen and oxygen atoms in total. The van der Waals surface area contributed by atoms with Crippen LogP contribution in [0.4, 0.5) is 0 Å². The molecule has 1 heterocycles. The third-order valence-corrected chi connectivity index (χ3v) is 4.22. The van der Waals surface area contributed by atoms with E-state index in [1.165, 1.54) is 0 Å². The van der Waals surface area contributed by atoms with Gasteiger partial charge in [0, 0.05) is 12.0 Å². The zero-order chi connectivity index (χ0) is 10.9. The summed E-state index contributed by atoms with van der Waals surface area (Å²) in [6.07, 6.45) is 6.85. The molecule has 2 rings (SSSR count). The van der Waals surface area contributed by atoms with Gasteiger partial charge >= 0.3 is 0 Å². The van der Waals surface area contributed by atoms with Gasteiger partial charge in [-0.1, -0.05) is 6.42 Å². The van der Waals surface area contributed by atoms with Crippen molar-refractivity contribution in [2.75, 3.05) is 6.54 Å². The van der Waals surface area contributed by atoms with Gasteiger partial charge in [0.05, 0.1) is 18.3 Å². The average Bonchev–Trinajstić information content (AvgIpc) is 2.76. The molecule has 2 aliphatic rings. The molecule has 1 aliphatic heterocycles. The average molecular weight is 213 g/mol. The maximum atomic E-state index is 10.0. The Morgan fingerprint density at radius 1 is 1.40 bits per heavy atom. The van der Waals surface area contributed by atoms with Crippen LogP contribution < -0.4 is 5.73 Å². The zero-order valence-corrected chi connectivity index (χ0v) is 9.61. The van der Waals surface area contributed by atoms with Crippen molar-refractivity contribution in [1.29, 1.82) is 0 Å². The second kappa shape index (κ2) is 4.40. The summed E-state index contributed by atoms with van der Waals surface area (Å²) >= 11 is 0. The van der Waals surface area contributed by atoms with E-state index in [-0.39, 0.29) is 11.5 Å². The summed E-state index contributed by atoms with van der Waals surface area (Å²) < 4.78 is 5.83. The number of nitrogens with two attached hydrogens (primary N) is 1. The van der Waals surface area contributed by atoms with Crippen LogP contribution in [-0.4, -0.2) is 30.0 Å². The monoisotopic (exact) mass is 213 g/mol. The number of hydrogen-bond acceptors (Lipinski definition) is 3. The van der Waals surface area contributed by atoms with Crippen LogP contribution >= 0.6 is 0 Å². The van der Waals surface area contributed by atoms with Gasteiger partial charge in [-0.05, 0) is 39.0 Å². The van der Waals surface area contributed by atoms with Crippen molar-refractivity contribution in [3.8, 4) is 0 Å². The first-order valence-electron chi connectivity index (χ1n) is 6.20. The topological polar surface area (TPSA) is 55.5 Å². The minimum Gasteiger partial charge on any atom is -0.392 e. The van der Waals surface area contributed by atoms with E-state index >= 15 is 0 Å². The normalized spacial score (nSPS) is 46.2. The molecule has 2 fully saturated rings. The van der Waals surface area contributed by atoms with E-state index in [0.717, 1.165) is 38.5 Å². The molecule has 0 amide bonds. The maximum Gasteiger partial charge on any atom is 0.0609 e. The van der Waals surface area contributed by atoms with Crippen LogP contribution in [0.3, 0.4) is 0 Å². The number of ether oxygens (including phenoxy) is 1. The Kier molecular flexibility index (Phi) is 3.33. The third-order valence-electron chi connectivity index (χ3n) is 4.22. The summed E-state index contributed by atoms with van der Waals surface area (Å²) in [6.45, 7) is 2.72. The number of aliphatic hydroxyl groups is 1. The van der Waals surface area contributed by atoms with Crippen molar-refractivity contribution in [3.63, 3.8) is 0 Å². The molecular weight excluding hydrogens is 190 g/mol. The predicted molar refractivity (Wildman–Crippen MR) is 59.5 cm³/mol. The SMILES string of the molecule is CC1CCC(CC2(CN)CCCC2O)O1. The summed E-state index contributed by atoms with van der Waals surface area (Å²) in [4.78, 5) is 0. The Morgan fingerprint density at radius 2 is 2.20 bits per heavy atom. The molecule has 3 heteroatoms. The van der Waals surface area contributed by atoms with E-state index in [9.17, 15) is 5.11 Å². The lowest BCUT2D eigenvalue weighted by Gasteiger charge is -2.33. The van der Waals surface area contributed by atoms with Crippen molar-refractivity contribution in [1.82, 2.24) is 0 Å². The smallest absolute Gasteiger partial charge is 0.0609 e. The second-order valence-corrected chi connectivity index (χ2v) is 5.32. The Bertz CT molecular complexity index is 222. The molecule has 1 saturated carbocycles. The molecule has 1 aliphatic carbocycles. The fraction of sp³-hybridized carbons (Fsp3) is 1.00. The molecule has 0 aromatic carbocycles. The highest BCUT2D eigenvalue weighted by molar-refractivity contribution is 4.95. The maximum absolute atomic E-state index is 10.0. The first-order valence-corrected chi connectivity index (χ1v) is 6.20. The van der Waals surface area contributed by atoms with Crippen molar-refractivity contribution in [2.24, 2.45) is 11.1 Å². The van der Waals surface area contributed by atoms with E-state index in [1.807, 2.05) is 0 Å². The largest absolute Gasteiger partial charge is 0.392 e. The summed E-state index contributed by atoms with van der Waals surface area (Å²) in [5.74, 6) is 0. The minimum absolute atomic E-state index is 0.0469. The van der Waals surface area contributed by atoms with Crippen molar-refractivity contribution >= 4 is 0 Å². The molecule has 3 N–H and O–H groups in total. The number of aliphatic hydroxyl groups excluding tert-OH is 1. The lowest BCUT2D eigenvalue weighted by Crippen LogP contribution is -2.40. The lowest BCUT2D eigenvalue weighted by molar-refractivity contribution is -0.0152. The van der Waals surface area contributed by atoms with Crippen LogP contribution in [0.1, 0.15) is 45.4 Å². The molecular formula is C12H23NO2. The highest BCUT2D eigenvalue weighted by Crippen LogP contribution is 2.43. The van der Waals surface area contributed by atoms with E-state index in [4.69, 9.17) is 10.5 Å². The molecule has 0 spiro atoms. The van der Waals surface area contributed by atoms with Gasteiger partial charge in [0.1, 0.15) is 0 Å². The lowest BCUT2D eigenvalue weighted by atomic mass is 9.78. The molecule has 0 radical (unpaired) electrons. The van der Waals surface area contributed by atoms with Crippen LogP contribution in [0.5, 0.6) is 0 Å². The van der Waals surface area contributed by atoms with E-state index < -0.39 is 0 Å². The van der Waals surface area contributed by atoms with Crippen LogP contribution in [0.2, 0.25) is 0 Å². The van der Waals surface area contributed by atoms with Crippen molar-refractivity contribution in [3.05, 3.63) is 0 Å². The van der Waals surface area contributed by atoms with Crippen LogP contribution in [0.15, 0.2) is 0 Å². The molecule has 1 saturated heterocycles. The van der Waals surface area contributed by atoms with Gasteiger partial charge in [-0.25, -0.2) is 0 Å². The standard InChI is InChI=1S/C12H23NO2/c1-9-4-5-10(15-9)7-12(8-13)6-2-3-11(12)14/h9-11,14H,2-8,13H2,1H3. The summed E-state index contributed by atoms with van der Waals surface area (Å²) in [5.41, 5.74) is 5.81. The van der Waals surface area contributed by atoms with Crippen molar-refractivity contribution in [2.45, 2.75) is 63.8 Å². The van der Waals surface area contributed by atoms with Crippen LogP contribution in [0, 0.1) is 5.41 Å². The van der Waals surface area contributed by atoms with E-state index in [2.05, 4.69) is 6.92 Å². The Labute approximate surface area is 92.0 Å². The zero-order valence-electron chi connectivity index (χ0n) is 9.61. The highest BCUT2D eigenvalue weighted by Gasteiger charge is 2.43. The second-order valence-electron chi connectivity index (χ2n) is 5.32. The molecule has 88 valence electrons. The Balaban J connectivity index is 1.96. The van der Waals surface area contributed by atoms with Crippen LogP contribution in [0.25, 0.3) is 0 Å². The van der Waals surface area contributed by atoms with Gasteiger partial charge in [0.25, 0.3) is 0 Å². The molecule has 0 bridgehead atoms. The van der Waals surface area contributed by atoms with Crippen molar-refractivity contribution < 1.29 is 9.84 Å². The van der Waals surface area contributed by atoms with E-state index in [0.29, 0.717) is 18.8 Å². The predicted octanol–water partition coefficient (Wildman–Crippen LogP) is 1.43. The fourth-order valence-corrected chi connectivity index (χ4v) is 3.17. The third kappa shape index (κ3) is 2.19. The molecule has 4 unspecified atom stereocenters. The van der Waals surface area contributed by atoms with Crippen LogP contribution in [-0.2, 0) is 4.74 Å². The highest BCUT2D eigenvalue weighted by atomic mass is 16.5. The summed E-state index contributed by atoms with van der Waals surface area (Å²) in [5, 5.41) is 10.0. The molecule has 0 aromatic rings. The van der Waals surface area contributed by atoms with E-state index in [1.54, 1.807) is 0 Å². The first kappa shape index (κ1) is 11.4. The van der Waals surface area contributed by atoms with Gasteiger partial charge in [-0.15, -0.1) is 0 Å². The number of hydrogen-bond donors (Lipinski definition) is 2. The molecule has 4 atom stereocenters. The van der Waals surface area contributed by atoms with Gasteiger partial charge in [-0.3, -0.25) is 0 Å². The van der Waals surface area contributed by atoms with Gasteiger partial charge in [0.15, 0.2) is 0 Å². The summed E-state index contributed by atoms with van der Waals surface area (Å²) in [7, 11) is 0. The number of rotatable bonds is 3. The fourth-order valence-electron chi connectivity index (χ4n) is 3.17. The molecule has 15 heavy (non-hydrogen) atoms.